The molecule has 0 bridgehead atoms. The van der Waals surface area contributed by atoms with Crippen molar-refractivity contribution in [1.82, 2.24) is 4.98 Å². The number of anilines is 3. The Kier molecular flexibility index (Phi) is 5.09. The van der Waals surface area contributed by atoms with Crippen LogP contribution in [0.2, 0.25) is 0 Å². The summed E-state index contributed by atoms with van der Waals surface area (Å²) in [5.74, 6) is -0.221. The molecule has 0 atom stereocenters. The molecule has 1 heterocycles. The fourth-order valence-electron chi connectivity index (χ4n) is 2.64. The van der Waals surface area contributed by atoms with Crippen molar-refractivity contribution in [2.45, 2.75) is 20.3 Å². The van der Waals surface area contributed by atoms with Gasteiger partial charge in [-0.2, -0.15) is 0 Å². The number of aryl methyl sites for hydroxylation is 2. The molecule has 1 aromatic heterocycles. The summed E-state index contributed by atoms with van der Waals surface area (Å²) in [7, 11) is 0. The number of aromatic nitrogens is 1. The van der Waals surface area contributed by atoms with Crippen LogP contribution in [0, 0.1) is 6.92 Å². The molecule has 0 spiro atoms. The molecule has 0 aliphatic carbocycles. The van der Waals surface area contributed by atoms with Crippen LogP contribution in [0.25, 0.3) is 0 Å². The van der Waals surface area contributed by atoms with Gasteiger partial charge in [-0.1, -0.05) is 43.3 Å². The summed E-state index contributed by atoms with van der Waals surface area (Å²) in [6, 6.07) is 19.5. The highest BCUT2D eigenvalue weighted by atomic mass is 16.1. The zero-order chi connectivity index (χ0) is 17.6. The highest BCUT2D eigenvalue weighted by molar-refractivity contribution is 6.03. The fourth-order valence-corrected chi connectivity index (χ4v) is 2.64. The van der Waals surface area contributed by atoms with Crippen molar-refractivity contribution >= 4 is 23.0 Å². The third kappa shape index (κ3) is 4.04. The molecule has 4 heteroatoms. The summed E-state index contributed by atoms with van der Waals surface area (Å²) in [4.78, 5) is 16.7. The molecule has 2 N–H and O–H groups in total. The first-order valence-electron chi connectivity index (χ1n) is 8.35. The van der Waals surface area contributed by atoms with Crippen molar-refractivity contribution in [3.05, 3.63) is 83.7 Å². The highest BCUT2D eigenvalue weighted by Crippen LogP contribution is 2.22. The molecule has 0 saturated heterocycles. The molecule has 1 amide bonds. The Labute approximate surface area is 147 Å². The Morgan fingerprint density at radius 3 is 2.48 bits per heavy atom. The number of para-hydroxylation sites is 2. The van der Waals surface area contributed by atoms with Crippen molar-refractivity contribution in [2.24, 2.45) is 0 Å². The largest absolute Gasteiger partial charge is 0.355 e. The first-order chi connectivity index (χ1) is 12.2. The standard InChI is InChI=1S/C21H21N3O/c1-3-16-9-5-7-11-19(16)23-17-12-13-22-20(14-17)21(25)24-18-10-6-4-8-15(18)2/h4-14H,3H2,1-2H3,(H,22,23)(H,24,25). The second-order valence-corrected chi connectivity index (χ2v) is 5.83. The molecule has 0 unspecified atom stereocenters. The molecule has 0 saturated carbocycles. The van der Waals surface area contributed by atoms with Gasteiger partial charge in [0.15, 0.2) is 0 Å². The maximum atomic E-state index is 12.5. The molecule has 0 aliphatic heterocycles. The quantitative estimate of drug-likeness (QED) is 0.695. The van der Waals surface area contributed by atoms with E-state index in [0.29, 0.717) is 5.69 Å². The topological polar surface area (TPSA) is 54.0 Å². The predicted molar refractivity (Wildman–Crippen MR) is 102 cm³/mol. The number of pyridine rings is 1. The molecule has 0 aliphatic rings. The lowest BCUT2D eigenvalue weighted by Gasteiger charge is -2.12. The van der Waals surface area contributed by atoms with E-state index in [1.807, 2.05) is 55.5 Å². The van der Waals surface area contributed by atoms with Crippen molar-refractivity contribution < 1.29 is 4.79 Å². The maximum Gasteiger partial charge on any atom is 0.274 e. The number of hydrogen-bond donors (Lipinski definition) is 2. The van der Waals surface area contributed by atoms with E-state index in [1.165, 1.54) is 5.56 Å². The van der Waals surface area contributed by atoms with Crippen LogP contribution in [0.15, 0.2) is 66.9 Å². The predicted octanol–water partition coefficient (Wildman–Crippen LogP) is 4.95. The number of rotatable bonds is 5. The summed E-state index contributed by atoms with van der Waals surface area (Å²) in [5, 5.41) is 6.28. The van der Waals surface area contributed by atoms with Crippen molar-refractivity contribution in [3.8, 4) is 0 Å². The van der Waals surface area contributed by atoms with Crippen LogP contribution < -0.4 is 10.6 Å². The van der Waals surface area contributed by atoms with Crippen LogP contribution >= 0.6 is 0 Å². The zero-order valence-corrected chi connectivity index (χ0v) is 14.4. The van der Waals surface area contributed by atoms with Gasteiger partial charge in [0.25, 0.3) is 5.91 Å². The number of nitrogens with one attached hydrogen (secondary N) is 2. The lowest BCUT2D eigenvalue weighted by molar-refractivity contribution is 0.102. The van der Waals surface area contributed by atoms with E-state index in [2.05, 4.69) is 28.6 Å². The highest BCUT2D eigenvalue weighted by Gasteiger charge is 2.10. The molecule has 4 nitrogen and oxygen atoms in total. The molecule has 0 radical (unpaired) electrons. The van der Waals surface area contributed by atoms with Gasteiger partial charge in [-0.3, -0.25) is 9.78 Å². The SMILES string of the molecule is CCc1ccccc1Nc1ccnc(C(=O)Nc2ccccc2C)c1. The maximum absolute atomic E-state index is 12.5. The minimum absolute atomic E-state index is 0.221. The summed E-state index contributed by atoms with van der Waals surface area (Å²) in [6.07, 6.45) is 2.58. The summed E-state index contributed by atoms with van der Waals surface area (Å²) in [6.45, 7) is 4.08. The van der Waals surface area contributed by atoms with Crippen molar-refractivity contribution in [2.75, 3.05) is 10.6 Å². The Morgan fingerprint density at radius 1 is 1.00 bits per heavy atom. The van der Waals surface area contributed by atoms with Gasteiger partial charge < -0.3 is 10.6 Å². The van der Waals surface area contributed by atoms with Crippen molar-refractivity contribution in [3.63, 3.8) is 0 Å². The number of carbonyl (C=O) groups excluding carboxylic acids is 1. The summed E-state index contributed by atoms with van der Waals surface area (Å²) < 4.78 is 0. The molecule has 126 valence electrons. The summed E-state index contributed by atoms with van der Waals surface area (Å²) >= 11 is 0. The van der Waals surface area contributed by atoms with Gasteiger partial charge in [-0.25, -0.2) is 0 Å². The normalized spacial score (nSPS) is 10.3. The average molecular weight is 331 g/mol. The molecule has 25 heavy (non-hydrogen) atoms. The Balaban J connectivity index is 1.79. The third-order valence-electron chi connectivity index (χ3n) is 4.06. The van der Waals surface area contributed by atoms with Gasteiger partial charge in [0.2, 0.25) is 0 Å². The number of carbonyl (C=O) groups is 1. The lowest BCUT2D eigenvalue weighted by atomic mass is 10.1. The molecule has 0 fully saturated rings. The van der Waals surface area contributed by atoms with Crippen LogP contribution in [-0.4, -0.2) is 10.9 Å². The van der Waals surface area contributed by atoms with Gasteiger partial charge in [-0.15, -0.1) is 0 Å². The van der Waals surface area contributed by atoms with E-state index in [9.17, 15) is 4.79 Å². The van der Waals surface area contributed by atoms with E-state index >= 15 is 0 Å². The summed E-state index contributed by atoms with van der Waals surface area (Å²) in [5.41, 5.74) is 5.30. The number of nitrogens with zero attached hydrogens (tertiary/aromatic N) is 1. The second kappa shape index (κ2) is 7.62. The van der Waals surface area contributed by atoms with Crippen LogP contribution in [0.5, 0.6) is 0 Å². The molecular formula is C21H21N3O. The zero-order valence-electron chi connectivity index (χ0n) is 14.4. The lowest BCUT2D eigenvalue weighted by Crippen LogP contribution is -2.14. The molecular weight excluding hydrogens is 310 g/mol. The third-order valence-corrected chi connectivity index (χ3v) is 4.06. The minimum Gasteiger partial charge on any atom is -0.355 e. The van der Waals surface area contributed by atoms with Gasteiger partial charge >= 0.3 is 0 Å². The van der Waals surface area contributed by atoms with Gasteiger partial charge in [0.05, 0.1) is 0 Å². The van der Waals surface area contributed by atoms with Crippen LogP contribution in [-0.2, 0) is 6.42 Å². The Bertz CT molecular complexity index is 890. The number of hydrogen-bond acceptors (Lipinski definition) is 3. The number of amides is 1. The number of benzene rings is 2. The van der Waals surface area contributed by atoms with Gasteiger partial charge in [-0.05, 0) is 48.7 Å². The molecule has 3 rings (SSSR count). The van der Waals surface area contributed by atoms with E-state index < -0.39 is 0 Å². The fraction of sp³-hybridized carbons (Fsp3) is 0.143. The van der Waals surface area contributed by atoms with E-state index in [1.54, 1.807) is 12.3 Å². The average Bonchev–Trinajstić information content (AvgIpc) is 2.64. The van der Waals surface area contributed by atoms with Crippen LogP contribution in [0.1, 0.15) is 28.5 Å². The van der Waals surface area contributed by atoms with E-state index in [4.69, 9.17) is 0 Å². The Morgan fingerprint density at radius 2 is 1.72 bits per heavy atom. The monoisotopic (exact) mass is 331 g/mol. The van der Waals surface area contributed by atoms with E-state index in [-0.39, 0.29) is 5.91 Å². The van der Waals surface area contributed by atoms with E-state index in [0.717, 1.165) is 29.0 Å². The second-order valence-electron chi connectivity index (χ2n) is 5.83. The van der Waals surface area contributed by atoms with Gasteiger partial charge in [0, 0.05) is 23.3 Å². The first kappa shape index (κ1) is 16.7. The first-order valence-corrected chi connectivity index (χ1v) is 8.35. The molecule has 2 aromatic carbocycles. The van der Waals surface area contributed by atoms with Gasteiger partial charge in [0.1, 0.15) is 5.69 Å². The van der Waals surface area contributed by atoms with Crippen LogP contribution in [0.3, 0.4) is 0 Å². The smallest absolute Gasteiger partial charge is 0.274 e. The minimum atomic E-state index is -0.221. The van der Waals surface area contributed by atoms with Crippen molar-refractivity contribution in [1.29, 1.82) is 0 Å². The molecule has 3 aromatic rings. The van der Waals surface area contributed by atoms with Crippen LogP contribution in [0.4, 0.5) is 17.1 Å². The Hall–Kier alpha value is -3.14.